The molecule has 0 amide bonds. The van der Waals surface area contributed by atoms with Crippen molar-refractivity contribution in [2.24, 2.45) is 17.8 Å². The maximum Gasteiger partial charge on any atom is 0.508 e. The fourth-order valence-electron chi connectivity index (χ4n) is 9.01. The number of carbonyl (C=O) groups is 1. The summed E-state index contributed by atoms with van der Waals surface area (Å²) in [4.78, 5) is 31.1. The lowest BCUT2D eigenvalue weighted by Gasteiger charge is -2.42. The number of fused-ring (bicyclic) bond motifs is 7. The molecule has 8 atom stereocenters. The van der Waals surface area contributed by atoms with Crippen LogP contribution in [0.5, 0.6) is 6.01 Å². The number of piperidine rings is 1. The van der Waals surface area contributed by atoms with Crippen LogP contribution < -0.4 is 20.5 Å². The van der Waals surface area contributed by atoms with E-state index >= 15 is 4.39 Å². The minimum absolute atomic E-state index is 0.0384. The molecule has 4 saturated heterocycles. The lowest BCUT2D eigenvalue weighted by Crippen LogP contribution is -2.44. The molecule has 8 heterocycles. The third-order valence-electron chi connectivity index (χ3n) is 11.1. The van der Waals surface area contributed by atoms with Gasteiger partial charge in [0.05, 0.1) is 23.2 Å². The first-order chi connectivity index (χ1) is 21.9. The van der Waals surface area contributed by atoms with Gasteiger partial charge in [-0.15, -0.1) is 0 Å². The number of hydrogen-bond donors (Lipinski definition) is 2. The number of anilines is 1. The molecule has 2 aromatic rings. The predicted octanol–water partition coefficient (Wildman–Crippen LogP) is 3.64. The SMILES string of the molecule is CC1CC2NNCC2C2c3ncc4c(nc(OC[C@@]56CCCN5C[C@H](F)C6)nc4c3F)N3CCC[C@H](C3)OC(=O)OC/C=C\C12. The largest absolute Gasteiger partial charge is 0.508 e. The van der Waals surface area contributed by atoms with Gasteiger partial charge < -0.3 is 19.1 Å². The summed E-state index contributed by atoms with van der Waals surface area (Å²) in [5.41, 5.74) is 6.82. The minimum atomic E-state index is -0.889. The molecule has 5 fully saturated rings. The van der Waals surface area contributed by atoms with Crippen molar-refractivity contribution >= 4 is 22.9 Å². The molecule has 2 N–H and O–H groups in total. The Hall–Kier alpha value is -3.16. The first-order valence-corrected chi connectivity index (χ1v) is 16.5. The Balaban J connectivity index is 1.24. The standard InChI is InChI=1S/C32H41F2N7O4/c1-18-11-24-22(14-36-39-24)25-21(18)6-3-10-43-31(42)45-20-5-2-8-40(16-20)29-23-13-35-28(25)26(34)27(23)37-30(38-29)44-17-32-7-4-9-41(32)15-19(33)12-32/h3,6,13,18-22,24-25,36,39H,2,4-5,7-12,14-17H2,1H3/b6-3-/t18?,19-,20-,21?,22?,24?,25?,32+/m1/s1. The topological polar surface area (TPSA) is 114 Å². The summed E-state index contributed by atoms with van der Waals surface area (Å²) < 4.78 is 48.9. The van der Waals surface area contributed by atoms with Crippen molar-refractivity contribution in [3.63, 3.8) is 0 Å². The minimum Gasteiger partial charge on any atom is -0.461 e. The maximum absolute atomic E-state index is 17.0. The van der Waals surface area contributed by atoms with Gasteiger partial charge in [0.2, 0.25) is 0 Å². The zero-order valence-electron chi connectivity index (χ0n) is 25.6. The third-order valence-corrected chi connectivity index (χ3v) is 11.1. The summed E-state index contributed by atoms with van der Waals surface area (Å²) in [5, 5.41) is 0.486. The molecule has 45 heavy (non-hydrogen) atoms. The lowest BCUT2D eigenvalue weighted by atomic mass is 9.64. The summed E-state index contributed by atoms with van der Waals surface area (Å²) in [6, 6.07) is 0.240. The van der Waals surface area contributed by atoms with Gasteiger partial charge in [-0.25, -0.2) is 13.6 Å². The molecule has 9 rings (SSSR count). The van der Waals surface area contributed by atoms with E-state index in [9.17, 15) is 9.18 Å². The Labute approximate surface area is 261 Å². The van der Waals surface area contributed by atoms with E-state index in [2.05, 4.69) is 27.7 Å². The first-order valence-electron chi connectivity index (χ1n) is 16.5. The van der Waals surface area contributed by atoms with Crippen LogP contribution in [0.3, 0.4) is 0 Å². The molecule has 13 heteroatoms. The molecule has 1 saturated carbocycles. The van der Waals surface area contributed by atoms with Crippen LogP contribution in [-0.4, -0.2) is 95.8 Å². The van der Waals surface area contributed by atoms with E-state index in [4.69, 9.17) is 24.2 Å². The van der Waals surface area contributed by atoms with E-state index in [0.717, 1.165) is 32.2 Å². The zero-order chi connectivity index (χ0) is 30.7. The van der Waals surface area contributed by atoms with Crippen LogP contribution in [0.1, 0.15) is 57.1 Å². The molecule has 1 aliphatic carbocycles. The van der Waals surface area contributed by atoms with Crippen LogP contribution >= 0.6 is 0 Å². The number of allylic oxidation sites excluding steroid dienone is 1. The summed E-state index contributed by atoms with van der Waals surface area (Å²) in [7, 11) is 0. The zero-order valence-corrected chi connectivity index (χ0v) is 25.6. The van der Waals surface area contributed by atoms with Gasteiger partial charge in [0.25, 0.3) is 0 Å². The Morgan fingerprint density at radius 1 is 1.22 bits per heavy atom. The smallest absolute Gasteiger partial charge is 0.461 e. The Morgan fingerprint density at radius 2 is 2.13 bits per heavy atom. The van der Waals surface area contributed by atoms with Crippen LogP contribution in [0, 0.1) is 23.6 Å². The molecule has 11 nitrogen and oxygen atoms in total. The van der Waals surface area contributed by atoms with E-state index in [1.165, 1.54) is 0 Å². The Bertz CT molecular complexity index is 1500. The van der Waals surface area contributed by atoms with Gasteiger partial charge in [-0.2, -0.15) is 9.97 Å². The second-order valence-corrected chi connectivity index (χ2v) is 13.8. The summed E-state index contributed by atoms with van der Waals surface area (Å²) in [5.74, 6) is 0.0692. The number of pyridine rings is 1. The molecule has 0 aromatic carbocycles. The Morgan fingerprint density at radius 3 is 3.04 bits per heavy atom. The summed E-state index contributed by atoms with van der Waals surface area (Å²) in [6.07, 6.45) is 8.17. The number of nitrogens with zero attached hydrogens (tertiary/aromatic N) is 5. The van der Waals surface area contributed by atoms with Crippen LogP contribution in [0.15, 0.2) is 18.3 Å². The maximum atomic E-state index is 17.0. The van der Waals surface area contributed by atoms with Crippen molar-refractivity contribution in [1.29, 1.82) is 0 Å². The molecule has 6 bridgehead atoms. The second kappa shape index (κ2) is 11.6. The number of alkyl halides is 1. The Kier molecular flexibility index (Phi) is 7.52. The van der Waals surface area contributed by atoms with E-state index in [1.54, 1.807) is 6.20 Å². The number of halogens is 2. The predicted molar refractivity (Wildman–Crippen MR) is 161 cm³/mol. The average Bonchev–Trinajstić information content (AvgIpc) is 3.72. The van der Waals surface area contributed by atoms with Crippen molar-refractivity contribution in [1.82, 2.24) is 30.7 Å². The molecular weight excluding hydrogens is 584 g/mol. The van der Waals surface area contributed by atoms with E-state index < -0.39 is 29.8 Å². The van der Waals surface area contributed by atoms with E-state index in [1.807, 2.05) is 17.1 Å². The average molecular weight is 626 g/mol. The highest BCUT2D eigenvalue weighted by Crippen LogP contribution is 2.48. The molecule has 5 unspecified atom stereocenters. The fraction of sp³-hybridized carbons (Fsp3) is 0.688. The van der Waals surface area contributed by atoms with Crippen LogP contribution in [-0.2, 0) is 9.47 Å². The fourth-order valence-corrected chi connectivity index (χ4v) is 9.01. The van der Waals surface area contributed by atoms with E-state index in [-0.39, 0.29) is 54.5 Å². The van der Waals surface area contributed by atoms with Crippen molar-refractivity contribution in [2.75, 3.05) is 50.8 Å². The number of nitrogens with one attached hydrogen (secondary N) is 2. The number of ether oxygens (including phenoxy) is 3. The molecule has 242 valence electrons. The number of carbonyl (C=O) groups excluding carboxylic acids is 1. The van der Waals surface area contributed by atoms with Crippen LogP contribution in [0.2, 0.25) is 0 Å². The van der Waals surface area contributed by atoms with E-state index in [0.29, 0.717) is 55.9 Å². The normalized spacial score (nSPS) is 37.3. The molecule has 0 radical (unpaired) electrons. The van der Waals surface area contributed by atoms with Gasteiger partial charge in [-0.3, -0.25) is 20.7 Å². The van der Waals surface area contributed by atoms with Crippen LogP contribution in [0.4, 0.5) is 19.4 Å². The number of aromatic nitrogens is 3. The summed E-state index contributed by atoms with van der Waals surface area (Å²) >= 11 is 0. The van der Waals surface area contributed by atoms with Gasteiger partial charge in [0.1, 0.15) is 36.8 Å². The molecule has 0 spiro atoms. The lowest BCUT2D eigenvalue weighted by molar-refractivity contribution is 0.0246. The third kappa shape index (κ3) is 5.20. The van der Waals surface area contributed by atoms with Crippen LogP contribution in [0.25, 0.3) is 10.9 Å². The number of hydrazine groups is 1. The molecule has 7 aliphatic rings. The second-order valence-electron chi connectivity index (χ2n) is 13.8. The van der Waals surface area contributed by atoms with Gasteiger partial charge in [-0.1, -0.05) is 19.1 Å². The highest BCUT2D eigenvalue weighted by Gasteiger charge is 2.50. The molecule has 2 aromatic heterocycles. The van der Waals surface area contributed by atoms with Gasteiger partial charge in [0, 0.05) is 44.2 Å². The number of rotatable bonds is 3. The quantitative estimate of drug-likeness (QED) is 0.385. The van der Waals surface area contributed by atoms with Gasteiger partial charge >= 0.3 is 12.2 Å². The van der Waals surface area contributed by atoms with Crippen molar-refractivity contribution in [2.45, 2.75) is 75.2 Å². The van der Waals surface area contributed by atoms with Crippen molar-refractivity contribution < 1.29 is 27.8 Å². The summed E-state index contributed by atoms with van der Waals surface area (Å²) in [6.45, 7) is 5.43. The highest BCUT2D eigenvalue weighted by molar-refractivity contribution is 5.90. The van der Waals surface area contributed by atoms with Gasteiger partial charge in [0.15, 0.2) is 5.82 Å². The molecular formula is C32H41F2N7O4. The van der Waals surface area contributed by atoms with Crippen molar-refractivity contribution in [3.05, 3.63) is 29.9 Å². The monoisotopic (exact) mass is 625 g/mol. The van der Waals surface area contributed by atoms with Gasteiger partial charge in [-0.05, 0) is 56.4 Å². The van der Waals surface area contributed by atoms with Crippen molar-refractivity contribution in [3.8, 4) is 6.01 Å². The number of hydrogen-bond acceptors (Lipinski definition) is 11. The molecule has 6 aliphatic heterocycles. The first kappa shape index (κ1) is 29.3. The highest BCUT2D eigenvalue weighted by atomic mass is 19.1.